The SMILES string of the molecule is Nc1ccc(Cl)cc1CN1CCCC1C1CCCC1. The van der Waals surface area contributed by atoms with E-state index in [0.717, 1.165) is 29.2 Å². The number of likely N-dealkylation sites (tertiary alicyclic amines) is 1. The van der Waals surface area contributed by atoms with Gasteiger partial charge in [0.1, 0.15) is 0 Å². The van der Waals surface area contributed by atoms with Crippen LogP contribution in [0, 0.1) is 5.92 Å². The normalized spacial score (nSPS) is 25.2. The minimum Gasteiger partial charge on any atom is -0.398 e. The highest BCUT2D eigenvalue weighted by Crippen LogP contribution is 2.36. The van der Waals surface area contributed by atoms with Gasteiger partial charge in [0.05, 0.1) is 0 Å². The lowest BCUT2D eigenvalue weighted by Crippen LogP contribution is -2.34. The zero-order chi connectivity index (χ0) is 13.2. The highest BCUT2D eigenvalue weighted by Gasteiger charge is 2.33. The van der Waals surface area contributed by atoms with Crippen LogP contribution in [0.1, 0.15) is 44.1 Å². The molecule has 2 N–H and O–H groups in total. The van der Waals surface area contributed by atoms with Gasteiger partial charge >= 0.3 is 0 Å². The predicted octanol–water partition coefficient (Wildman–Crippen LogP) is 4.08. The summed E-state index contributed by atoms with van der Waals surface area (Å²) >= 11 is 6.09. The molecule has 2 aliphatic rings. The predicted molar refractivity (Wildman–Crippen MR) is 81.3 cm³/mol. The Kier molecular flexibility index (Phi) is 3.99. The molecule has 0 aromatic heterocycles. The van der Waals surface area contributed by atoms with Crippen LogP contribution in [0.3, 0.4) is 0 Å². The zero-order valence-electron chi connectivity index (χ0n) is 11.4. The van der Waals surface area contributed by atoms with E-state index in [0.29, 0.717) is 0 Å². The summed E-state index contributed by atoms with van der Waals surface area (Å²) < 4.78 is 0. The minimum atomic E-state index is 0.779. The molecule has 1 heterocycles. The van der Waals surface area contributed by atoms with E-state index in [1.165, 1.54) is 50.6 Å². The van der Waals surface area contributed by atoms with Gasteiger partial charge < -0.3 is 5.73 Å². The lowest BCUT2D eigenvalue weighted by atomic mass is 9.95. The van der Waals surface area contributed by atoms with Crippen LogP contribution in [-0.2, 0) is 6.54 Å². The Bertz CT molecular complexity index is 440. The first kappa shape index (κ1) is 13.3. The molecule has 19 heavy (non-hydrogen) atoms. The van der Waals surface area contributed by atoms with Crippen molar-refractivity contribution in [3.8, 4) is 0 Å². The largest absolute Gasteiger partial charge is 0.398 e. The van der Waals surface area contributed by atoms with Crippen molar-refractivity contribution in [1.82, 2.24) is 4.90 Å². The molecule has 104 valence electrons. The van der Waals surface area contributed by atoms with Gasteiger partial charge in [0, 0.05) is 23.3 Å². The molecule has 2 fully saturated rings. The Balaban J connectivity index is 1.72. The average Bonchev–Trinajstić information content (AvgIpc) is 3.03. The van der Waals surface area contributed by atoms with Crippen molar-refractivity contribution in [3.05, 3.63) is 28.8 Å². The fourth-order valence-electron chi connectivity index (χ4n) is 3.85. The Morgan fingerprint density at radius 2 is 1.95 bits per heavy atom. The van der Waals surface area contributed by atoms with Crippen LogP contribution >= 0.6 is 11.6 Å². The molecule has 1 unspecified atom stereocenters. The van der Waals surface area contributed by atoms with Gasteiger partial charge in [-0.3, -0.25) is 4.90 Å². The van der Waals surface area contributed by atoms with Crippen molar-refractivity contribution >= 4 is 17.3 Å². The number of hydrogen-bond acceptors (Lipinski definition) is 2. The van der Waals surface area contributed by atoms with E-state index in [1.807, 2.05) is 18.2 Å². The second-order valence-corrected chi connectivity index (χ2v) is 6.50. The van der Waals surface area contributed by atoms with Gasteiger partial charge in [-0.05, 0) is 61.9 Å². The molecule has 1 aliphatic heterocycles. The fraction of sp³-hybridized carbons (Fsp3) is 0.625. The lowest BCUT2D eigenvalue weighted by molar-refractivity contribution is 0.183. The summed E-state index contributed by atoms with van der Waals surface area (Å²) in [6, 6.07) is 6.61. The molecule has 1 aromatic rings. The van der Waals surface area contributed by atoms with Gasteiger partial charge in [0.2, 0.25) is 0 Å². The molecule has 0 radical (unpaired) electrons. The number of nitrogens with zero attached hydrogens (tertiary/aromatic N) is 1. The number of rotatable bonds is 3. The second kappa shape index (κ2) is 5.72. The fourth-order valence-corrected chi connectivity index (χ4v) is 4.05. The molecule has 0 amide bonds. The number of benzene rings is 1. The molecule has 0 spiro atoms. The van der Waals surface area contributed by atoms with Crippen molar-refractivity contribution in [2.45, 2.75) is 51.1 Å². The first-order valence-corrected chi connectivity index (χ1v) is 7.90. The molecule has 1 aliphatic carbocycles. The third kappa shape index (κ3) is 2.90. The molecule has 1 saturated heterocycles. The van der Waals surface area contributed by atoms with Crippen LogP contribution in [-0.4, -0.2) is 17.5 Å². The highest BCUT2D eigenvalue weighted by atomic mass is 35.5. The molecule has 3 heteroatoms. The summed E-state index contributed by atoms with van der Waals surface area (Å²) in [6.07, 6.45) is 8.40. The number of hydrogen-bond donors (Lipinski definition) is 1. The van der Waals surface area contributed by atoms with E-state index in [1.54, 1.807) is 0 Å². The quantitative estimate of drug-likeness (QED) is 0.844. The first-order valence-electron chi connectivity index (χ1n) is 7.52. The number of halogens is 1. The van der Waals surface area contributed by atoms with Crippen LogP contribution in [0.15, 0.2) is 18.2 Å². The Morgan fingerprint density at radius 3 is 2.74 bits per heavy atom. The van der Waals surface area contributed by atoms with Crippen molar-refractivity contribution in [2.24, 2.45) is 5.92 Å². The third-order valence-electron chi connectivity index (χ3n) is 4.84. The lowest BCUT2D eigenvalue weighted by Gasteiger charge is -2.29. The van der Waals surface area contributed by atoms with E-state index in [4.69, 9.17) is 17.3 Å². The maximum atomic E-state index is 6.09. The van der Waals surface area contributed by atoms with Gasteiger partial charge in [-0.15, -0.1) is 0 Å². The zero-order valence-corrected chi connectivity index (χ0v) is 12.2. The van der Waals surface area contributed by atoms with Crippen LogP contribution in [0.5, 0.6) is 0 Å². The highest BCUT2D eigenvalue weighted by molar-refractivity contribution is 6.30. The standard InChI is InChI=1S/C16H23ClN2/c17-14-7-8-15(18)13(10-14)11-19-9-3-6-16(19)12-4-1-2-5-12/h7-8,10,12,16H,1-6,9,11,18H2. The van der Waals surface area contributed by atoms with Crippen molar-refractivity contribution in [3.63, 3.8) is 0 Å². The van der Waals surface area contributed by atoms with Crippen LogP contribution in [0.25, 0.3) is 0 Å². The maximum Gasteiger partial charge on any atom is 0.0410 e. The Labute approximate surface area is 120 Å². The number of nitrogen functional groups attached to an aromatic ring is 1. The van der Waals surface area contributed by atoms with Crippen LogP contribution in [0.2, 0.25) is 5.02 Å². The summed E-state index contributed by atoms with van der Waals surface area (Å²) in [5.74, 6) is 0.919. The van der Waals surface area contributed by atoms with Gasteiger partial charge in [-0.2, -0.15) is 0 Å². The Hall–Kier alpha value is -0.730. The molecule has 1 saturated carbocycles. The second-order valence-electron chi connectivity index (χ2n) is 6.07. The van der Waals surface area contributed by atoms with Crippen molar-refractivity contribution in [1.29, 1.82) is 0 Å². The smallest absolute Gasteiger partial charge is 0.0410 e. The first-order chi connectivity index (χ1) is 9.24. The van der Waals surface area contributed by atoms with Gasteiger partial charge in [0.25, 0.3) is 0 Å². The monoisotopic (exact) mass is 278 g/mol. The molecule has 0 bridgehead atoms. The average molecular weight is 279 g/mol. The van der Waals surface area contributed by atoms with E-state index < -0.39 is 0 Å². The minimum absolute atomic E-state index is 0.779. The van der Waals surface area contributed by atoms with Gasteiger partial charge in [0.15, 0.2) is 0 Å². The molecule has 2 nitrogen and oxygen atoms in total. The summed E-state index contributed by atoms with van der Waals surface area (Å²) in [7, 11) is 0. The van der Waals surface area contributed by atoms with Crippen LogP contribution in [0.4, 0.5) is 5.69 Å². The maximum absolute atomic E-state index is 6.09. The van der Waals surface area contributed by atoms with E-state index >= 15 is 0 Å². The number of nitrogens with two attached hydrogens (primary N) is 1. The molecule has 3 rings (SSSR count). The summed E-state index contributed by atoms with van der Waals surface area (Å²) in [6.45, 7) is 2.18. The topological polar surface area (TPSA) is 29.3 Å². The van der Waals surface area contributed by atoms with E-state index in [9.17, 15) is 0 Å². The summed E-state index contributed by atoms with van der Waals surface area (Å²) in [4.78, 5) is 2.64. The molecular weight excluding hydrogens is 256 g/mol. The molecular formula is C16H23ClN2. The van der Waals surface area contributed by atoms with Crippen molar-refractivity contribution < 1.29 is 0 Å². The summed E-state index contributed by atoms with van der Waals surface area (Å²) in [5.41, 5.74) is 8.15. The van der Waals surface area contributed by atoms with Crippen LogP contribution < -0.4 is 5.73 Å². The number of anilines is 1. The molecule has 1 atom stereocenters. The molecule has 1 aromatic carbocycles. The van der Waals surface area contributed by atoms with E-state index in [2.05, 4.69) is 4.90 Å². The van der Waals surface area contributed by atoms with Gasteiger partial charge in [-0.1, -0.05) is 24.4 Å². The van der Waals surface area contributed by atoms with E-state index in [-0.39, 0.29) is 0 Å². The van der Waals surface area contributed by atoms with Gasteiger partial charge in [-0.25, -0.2) is 0 Å². The third-order valence-corrected chi connectivity index (χ3v) is 5.07. The Morgan fingerprint density at radius 1 is 1.16 bits per heavy atom. The summed E-state index contributed by atoms with van der Waals surface area (Å²) in [5, 5.41) is 0.792. The van der Waals surface area contributed by atoms with Crippen molar-refractivity contribution in [2.75, 3.05) is 12.3 Å².